The predicted octanol–water partition coefficient (Wildman–Crippen LogP) is 4.52. The van der Waals surface area contributed by atoms with E-state index >= 15 is 0 Å². The third-order valence-corrected chi connectivity index (χ3v) is 6.74. The summed E-state index contributed by atoms with van der Waals surface area (Å²) < 4.78 is 28.7. The van der Waals surface area contributed by atoms with Crippen molar-refractivity contribution in [3.63, 3.8) is 0 Å². The Balaban J connectivity index is 1.67. The van der Waals surface area contributed by atoms with E-state index in [0.29, 0.717) is 23.6 Å². The van der Waals surface area contributed by atoms with Gasteiger partial charge in [0, 0.05) is 5.56 Å². The van der Waals surface area contributed by atoms with Crippen molar-refractivity contribution in [2.45, 2.75) is 17.3 Å². The van der Waals surface area contributed by atoms with Crippen LogP contribution in [0.2, 0.25) is 0 Å². The van der Waals surface area contributed by atoms with Gasteiger partial charge < -0.3 is 4.57 Å². The molecule has 2 aromatic heterocycles. The number of sulfone groups is 1. The van der Waals surface area contributed by atoms with Crippen LogP contribution in [-0.2, 0) is 22.1 Å². The number of benzene rings is 3. The summed E-state index contributed by atoms with van der Waals surface area (Å²) in [6.45, 7) is 0.529. The number of hydrogen-bond donors (Lipinski definition) is 0. The molecule has 0 saturated heterocycles. The van der Waals surface area contributed by atoms with Gasteiger partial charge in [0.1, 0.15) is 5.52 Å². The Labute approximate surface area is 186 Å². The standard InChI is InChI=1S/C25H20N4O2S/c30-32(31,17-20-12-6-2-7-13-20)25-22-24(27-23(28-25)21-14-8-3-9-15-21)29(18-26-22)16-19-10-4-1-5-11-19/h1-15,18H,16-17H2. The summed E-state index contributed by atoms with van der Waals surface area (Å²) in [6, 6.07) is 28.4. The van der Waals surface area contributed by atoms with E-state index in [1.807, 2.05) is 83.4 Å². The van der Waals surface area contributed by atoms with Gasteiger partial charge >= 0.3 is 0 Å². The molecule has 0 amide bonds. The second kappa shape index (κ2) is 8.36. The molecule has 0 atom stereocenters. The fourth-order valence-corrected chi connectivity index (χ4v) is 5.04. The van der Waals surface area contributed by atoms with Crippen LogP contribution < -0.4 is 0 Å². The van der Waals surface area contributed by atoms with Crippen molar-refractivity contribution in [1.82, 2.24) is 19.5 Å². The Morgan fingerprint density at radius 3 is 1.97 bits per heavy atom. The zero-order chi connectivity index (χ0) is 22.0. The number of imidazole rings is 1. The minimum absolute atomic E-state index is 0.0444. The van der Waals surface area contributed by atoms with Gasteiger partial charge in [-0.05, 0) is 11.1 Å². The molecule has 0 fully saturated rings. The van der Waals surface area contributed by atoms with Crippen molar-refractivity contribution in [1.29, 1.82) is 0 Å². The highest BCUT2D eigenvalue weighted by Crippen LogP contribution is 2.26. The van der Waals surface area contributed by atoms with Crippen LogP contribution in [0.1, 0.15) is 11.1 Å². The van der Waals surface area contributed by atoms with Crippen LogP contribution >= 0.6 is 0 Å². The van der Waals surface area contributed by atoms with E-state index in [4.69, 9.17) is 4.98 Å². The summed E-state index contributed by atoms with van der Waals surface area (Å²) in [5.74, 6) is 0.208. The first kappa shape index (κ1) is 20.1. The van der Waals surface area contributed by atoms with E-state index in [0.717, 1.165) is 11.1 Å². The molecule has 158 valence electrons. The zero-order valence-corrected chi connectivity index (χ0v) is 18.0. The lowest BCUT2D eigenvalue weighted by Gasteiger charge is -2.09. The van der Waals surface area contributed by atoms with Crippen molar-refractivity contribution in [2.75, 3.05) is 0 Å². The quantitative estimate of drug-likeness (QED) is 0.363. The van der Waals surface area contributed by atoms with Crippen LogP contribution in [0.3, 0.4) is 0 Å². The molecule has 5 rings (SSSR count). The summed E-state index contributed by atoms with van der Waals surface area (Å²) in [7, 11) is -3.76. The first-order chi connectivity index (χ1) is 15.6. The second-order valence-corrected chi connectivity index (χ2v) is 9.40. The average Bonchev–Trinajstić information content (AvgIpc) is 3.22. The molecule has 7 heteroatoms. The van der Waals surface area contributed by atoms with E-state index in [9.17, 15) is 8.42 Å². The Morgan fingerprint density at radius 2 is 1.31 bits per heavy atom. The third kappa shape index (κ3) is 4.02. The van der Waals surface area contributed by atoms with Gasteiger partial charge in [-0.3, -0.25) is 0 Å². The molecule has 0 bridgehead atoms. The van der Waals surface area contributed by atoms with Gasteiger partial charge in [-0.25, -0.2) is 23.4 Å². The average molecular weight is 441 g/mol. The lowest BCUT2D eigenvalue weighted by Crippen LogP contribution is -2.10. The summed E-state index contributed by atoms with van der Waals surface area (Å²) in [4.78, 5) is 13.6. The maximum Gasteiger partial charge on any atom is 0.202 e. The molecule has 2 heterocycles. The number of fused-ring (bicyclic) bond motifs is 1. The van der Waals surface area contributed by atoms with Gasteiger partial charge in [0.15, 0.2) is 16.5 Å². The van der Waals surface area contributed by atoms with E-state index in [-0.39, 0.29) is 16.3 Å². The minimum atomic E-state index is -3.76. The number of hydrogen-bond acceptors (Lipinski definition) is 5. The molecule has 0 spiro atoms. The lowest BCUT2D eigenvalue weighted by atomic mass is 10.2. The monoisotopic (exact) mass is 440 g/mol. The Hall–Kier alpha value is -3.84. The van der Waals surface area contributed by atoms with Crippen molar-refractivity contribution in [3.8, 4) is 11.4 Å². The summed E-state index contributed by atoms with van der Waals surface area (Å²) in [5.41, 5.74) is 3.30. The van der Waals surface area contributed by atoms with Crippen molar-refractivity contribution < 1.29 is 8.42 Å². The number of rotatable bonds is 6. The molecule has 0 aliphatic carbocycles. The van der Waals surface area contributed by atoms with Gasteiger partial charge in [-0.2, -0.15) is 0 Å². The van der Waals surface area contributed by atoms with E-state index < -0.39 is 9.84 Å². The predicted molar refractivity (Wildman–Crippen MR) is 124 cm³/mol. The molecule has 0 aliphatic heterocycles. The molecule has 0 unspecified atom stereocenters. The molecular weight excluding hydrogens is 420 g/mol. The van der Waals surface area contributed by atoms with E-state index in [2.05, 4.69) is 9.97 Å². The van der Waals surface area contributed by atoms with Gasteiger partial charge in [-0.1, -0.05) is 91.0 Å². The maximum absolute atomic E-state index is 13.4. The molecule has 5 aromatic rings. The maximum atomic E-state index is 13.4. The number of nitrogens with zero attached hydrogens (tertiary/aromatic N) is 4. The molecule has 6 nitrogen and oxygen atoms in total. The highest BCUT2D eigenvalue weighted by Gasteiger charge is 2.25. The zero-order valence-electron chi connectivity index (χ0n) is 17.2. The molecule has 0 saturated carbocycles. The summed E-state index contributed by atoms with van der Waals surface area (Å²) in [5, 5.41) is -0.0444. The van der Waals surface area contributed by atoms with E-state index in [1.54, 1.807) is 18.5 Å². The van der Waals surface area contributed by atoms with Crippen LogP contribution in [0.4, 0.5) is 0 Å². The van der Waals surface area contributed by atoms with Gasteiger partial charge in [0.25, 0.3) is 0 Å². The van der Waals surface area contributed by atoms with Crippen molar-refractivity contribution in [3.05, 3.63) is 108 Å². The minimum Gasteiger partial charge on any atom is -0.311 e. The molecule has 3 aromatic carbocycles. The molecule has 0 N–H and O–H groups in total. The van der Waals surface area contributed by atoms with Crippen molar-refractivity contribution in [2.24, 2.45) is 0 Å². The normalized spacial score (nSPS) is 11.6. The fourth-order valence-electron chi connectivity index (χ4n) is 3.61. The van der Waals surface area contributed by atoms with Gasteiger partial charge in [0.2, 0.25) is 9.84 Å². The highest BCUT2D eigenvalue weighted by atomic mass is 32.2. The Kier molecular flexibility index (Phi) is 5.25. The topological polar surface area (TPSA) is 77.7 Å². The fraction of sp³-hybridized carbons (Fsp3) is 0.0800. The smallest absolute Gasteiger partial charge is 0.202 e. The van der Waals surface area contributed by atoms with Gasteiger partial charge in [0.05, 0.1) is 18.6 Å². The molecule has 0 aliphatic rings. The van der Waals surface area contributed by atoms with Crippen LogP contribution in [0, 0.1) is 0 Å². The first-order valence-electron chi connectivity index (χ1n) is 10.2. The van der Waals surface area contributed by atoms with Crippen LogP contribution in [0.15, 0.2) is 102 Å². The molecule has 32 heavy (non-hydrogen) atoms. The summed E-state index contributed by atoms with van der Waals surface area (Å²) in [6.07, 6.45) is 1.63. The Bertz CT molecular complexity index is 1470. The Morgan fingerprint density at radius 1 is 0.719 bits per heavy atom. The first-order valence-corrected chi connectivity index (χ1v) is 11.8. The largest absolute Gasteiger partial charge is 0.311 e. The van der Waals surface area contributed by atoms with E-state index in [1.165, 1.54) is 0 Å². The van der Waals surface area contributed by atoms with Crippen LogP contribution in [-0.4, -0.2) is 27.9 Å². The molecular formula is C25H20N4O2S. The van der Waals surface area contributed by atoms with Crippen molar-refractivity contribution >= 4 is 21.0 Å². The van der Waals surface area contributed by atoms with Gasteiger partial charge in [-0.15, -0.1) is 0 Å². The second-order valence-electron chi connectivity index (χ2n) is 7.49. The van der Waals surface area contributed by atoms with Crippen LogP contribution in [0.5, 0.6) is 0 Å². The third-order valence-electron chi connectivity index (χ3n) is 5.15. The lowest BCUT2D eigenvalue weighted by molar-refractivity contribution is 0.592. The molecule has 0 radical (unpaired) electrons. The SMILES string of the molecule is O=S(=O)(Cc1ccccc1)c1nc(-c2ccccc2)nc2c1ncn2Cc1ccccc1. The van der Waals surface area contributed by atoms with Crippen LogP contribution in [0.25, 0.3) is 22.6 Å². The summed E-state index contributed by atoms with van der Waals surface area (Å²) >= 11 is 0. The number of aromatic nitrogens is 4. The highest BCUT2D eigenvalue weighted by molar-refractivity contribution is 7.90.